The number of aliphatic hydroxyl groups is 1. The van der Waals surface area contributed by atoms with Crippen molar-refractivity contribution in [1.29, 1.82) is 5.26 Å². The normalized spacial score (nSPS) is 11.1. The number of hydrogen-bond acceptors (Lipinski definition) is 4. The Balaban J connectivity index is 2.02. The van der Waals surface area contributed by atoms with Crippen LogP contribution in [0.15, 0.2) is 53.4 Å². The molecule has 0 atom stereocenters. The Bertz CT molecular complexity index is 778. The Morgan fingerprint density at radius 3 is 2.32 bits per heavy atom. The van der Waals surface area contributed by atoms with Gasteiger partial charge >= 0.3 is 0 Å². The number of benzene rings is 2. The SMILES string of the molecule is N#Cc1ccccc1S(=O)(=O)NCCc1ccc(CO)cc1. The number of nitriles is 1. The molecule has 5 nitrogen and oxygen atoms in total. The summed E-state index contributed by atoms with van der Waals surface area (Å²) in [7, 11) is -3.70. The molecule has 0 unspecified atom stereocenters. The lowest BCUT2D eigenvalue weighted by Gasteiger charge is -2.08. The number of nitrogens with one attached hydrogen (secondary N) is 1. The van der Waals surface area contributed by atoms with Gasteiger partial charge in [0.05, 0.1) is 17.1 Å². The number of aliphatic hydroxyl groups excluding tert-OH is 1. The first-order valence-electron chi connectivity index (χ1n) is 6.74. The van der Waals surface area contributed by atoms with Crippen LogP contribution in [-0.4, -0.2) is 20.1 Å². The molecule has 0 aliphatic carbocycles. The minimum atomic E-state index is -3.70. The van der Waals surface area contributed by atoms with Crippen LogP contribution in [0.1, 0.15) is 16.7 Å². The summed E-state index contributed by atoms with van der Waals surface area (Å²) in [6.07, 6.45) is 0.527. The quantitative estimate of drug-likeness (QED) is 0.846. The molecule has 0 aliphatic rings. The molecule has 0 spiro atoms. The fraction of sp³-hybridized carbons (Fsp3) is 0.188. The van der Waals surface area contributed by atoms with Gasteiger partial charge in [0.1, 0.15) is 6.07 Å². The van der Waals surface area contributed by atoms with Crippen LogP contribution in [0.25, 0.3) is 0 Å². The maximum atomic E-state index is 12.2. The van der Waals surface area contributed by atoms with E-state index in [0.29, 0.717) is 6.42 Å². The van der Waals surface area contributed by atoms with Gasteiger partial charge in [0.2, 0.25) is 10.0 Å². The van der Waals surface area contributed by atoms with E-state index in [9.17, 15) is 8.42 Å². The van der Waals surface area contributed by atoms with Gasteiger partial charge in [-0.2, -0.15) is 5.26 Å². The molecule has 2 rings (SSSR count). The summed E-state index contributed by atoms with van der Waals surface area (Å²) in [6.45, 7) is 0.221. The molecule has 0 fully saturated rings. The molecule has 0 bridgehead atoms. The number of rotatable bonds is 6. The zero-order valence-corrected chi connectivity index (χ0v) is 12.7. The third-order valence-electron chi connectivity index (χ3n) is 3.21. The van der Waals surface area contributed by atoms with Crippen molar-refractivity contribution in [2.45, 2.75) is 17.9 Å². The Kier molecular flexibility index (Phi) is 5.28. The van der Waals surface area contributed by atoms with Gasteiger partial charge in [-0.3, -0.25) is 0 Å². The molecule has 0 aliphatic heterocycles. The first kappa shape index (κ1) is 16.2. The number of nitrogens with zero attached hydrogens (tertiary/aromatic N) is 1. The minimum absolute atomic E-state index is 0.00636. The summed E-state index contributed by atoms with van der Waals surface area (Å²) < 4.78 is 26.9. The smallest absolute Gasteiger partial charge is 0.241 e. The second kappa shape index (κ2) is 7.18. The van der Waals surface area contributed by atoms with Gasteiger partial charge in [-0.25, -0.2) is 13.1 Å². The van der Waals surface area contributed by atoms with Crippen molar-refractivity contribution in [2.24, 2.45) is 0 Å². The molecule has 0 heterocycles. The molecule has 114 valence electrons. The van der Waals surface area contributed by atoms with Crippen LogP contribution < -0.4 is 4.72 Å². The van der Waals surface area contributed by atoms with Crippen molar-refractivity contribution >= 4 is 10.0 Å². The summed E-state index contributed by atoms with van der Waals surface area (Å²) in [4.78, 5) is -0.00636. The maximum absolute atomic E-state index is 12.2. The van der Waals surface area contributed by atoms with Gasteiger partial charge < -0.3 is 5.11 Å². The van der Waals surface area contributed by atoms with Crippen molar-refractivity contribution in [3.05, 3.63) is 65.2 Å². The van der Waals surface area contributed by atoms with Crippen molar-refractivity contribution < 1.29 is 13.5 Å². The lowest BCUT2D eigenvalue weighted by Crippen LogP contribution is -2.26. The summed E-state index contributed by atoms with van der Waals surface area (Å²) in [6, 6.07) is 15.3. The number of hydrogen-bond donors (Lipinski definition) is 2. The van der Waals surface area contributed by atoms with Crippen LogP contribution >= 0.6 is 0 Å². The molecule has 22 heavy (non-hydrogen) atoms. The van der Waals surface area contributed by atoms with Crippen LogP contribution in [0, 0.1) is 11.3 Å². The van der Waals surface area contributed by atoms with E-state index in [4.69, 9.17) is 10.4 Å². The van der Waals surface area contributed by atoms with E-state index < -0.39 is 10.0 Å². The van der Waals surface area contributed by atoms with Gasteiger partial charge in [-0.05, 0) is 29.7 Å². The topological polar surface area (TPSA) is 90.2 Å². The lowest BCUT2D eigenvalue weighted by atomic mass is 10.1. The number of sulfonamides is 1. The van der Waals surface area contributed by atoms with Crippen molar-refractivity contribution in [3.63, 3.8) is 0 Å². The van der Waals surface area contributed by atoms with E-state index >= 15 is 0 Å². The highest BCUT2D eigenvalue weighted by Crippen LogP contribution is 2.14. The third kappa shape index (κ3) is 3.92. The van der Waals surface area contributed by atoms with Gasteiger partial charge in [-0.1, -0.05) is 36.4 Å². The zero-order valence-electron chi connectivity index (χ0n) is 11.9. The van der Waals surface area contributed by atoms with Crippen molar-refractivity contribution in [1.82, 2.24) is 4.72 Å². The Labute approximate surface area is 129 Å². The summed E-state index contributed by atoms with van der Waals surface area (Å²) in [5.41, 5.74) is 1.91. The molecule has 0 saturated carbocycles. The summed E-state index contributed by atoms with van der Waals surface area (Å²) in [5, 5.41) is 17.9. The molecular weight excluding hydrogens is 300 g/mol. The van der Waals surface area contributed by atoms with Crippen LogP contribution in [0.3, 0.4) is 0 Å². The van der Waals surface area contributed by atoms with Gasteiger partial charge in [0.15, 0.2) is 0 Å². The highest BCUT2D eigenvalue weighted by Gasteiger charge is 2.17. The van der Waals surface area contributed by atoms with Gasteiger partial charge in [-0.15, -0.1) is 0 Å². The minimum Gasteiger partial charge on any atom is -0.392 e. The predicted octanol–water partition coefficient (Wildman–Crippen LogP) is 1.57. The Hall–Kier alpha value is -2.20. The lowest BCUT2D eigenvalue weighted by molar-refractivity contribution is 0.282. The molecule has 2 N–H and O–H groups in total. The molecule has 0 saturated heterocycles. The van der Waals surface area contributed by atoms with E-state index in [1.54, 1.807) is 24.3 Å². The zero-order chi connectivity index (χ0) is 16.0. The van der Waals surface area contributed by atoms with Gasteiger partial charge in [0, 0.05) is 6.54 Å². The maximum Gasteiger partial charge on any atom is 0.241 e. The van der Waals surface area contributed by atoms with E-state index in [1.807, 2.05) is 18.2 Å². The molecule has 6 heteroatoms. The fourth-order valence-corrected chi connectivity index (χ4v) is 3.20. The monoisotopic (exact) mass is 316 g/mol. The molecular formula is C16H16N2O3S. The van der Waals surface area contributed by atoms with Crippen LogP contribution in [0.5, 0.6) is 0 Å². The third-order valence-corrected chi connectivity index (χ3v) is 4.73. The van der Waals surface area contributed by atoms with Crippen LogP contribution in [0.4, 0.5) is 0 Å². The second-order valence-corrected chi connectivity index (χ2v) is 6.47. The molecule has 0 amide bonds. The fourth-order valence-electron chi connectivity index (χ4n) is 2.01. The van der Waals surface area contributed by atoms with Crippen LogP contribution in [0.2, 0.25) is 0 Å². The van der Waals surface area contributed by atoms with Crippen molar-refractivity contribution in [3.8, 4) is 6.07 Å². The average molecular weight is 316 g/mol. The van der Waals surface area contributed by atoms with E-state index in [-0.39, 0.29) is 23.6 Å². The van der Waals surface area contributed by atoms with E-state index in [0.717, 1.165) is 11.1 Å². The summed E-state index contributed by atoms with van der Waals surface area (Å²) >= 11 is 0. The second-order valence-electron chi connectivity index (χ2n) is 4.73. The first-order valence-corrected chi connectivity index (χ1v) is 8.22. The molecule has 2 aromatic rings. The van der Waals surface area contributed by atoms with E-state index in [1.165, 1.54) is 12.1 Å². The molecule has 0 radical (unpaired) electrons. The Morgan fingerprint density at radius 1 is 1.05 bits per heavy atom. The predicted molar refractivity (Wildman–Crippen MR) is 82.4 cm³/mol. The first-order chi connectivity index (χ1) is 10.6. The molecule has 0 aromatic heterocycles. The standard InChI is InChI=1S/C16H16N2O3S/c17-11-15-3-1-2-4-16(15)22(20,21)18-10-9-13-5-7-14(12-19)8-6-13/h1-8,18-19H,9-10,12H2. The largest absolute Gasteiger partial charge is 0.392 e. The highest BCUT2D eigenvalue weighted by molar-refractivity contribution is 7.89. The summed E-state index contributed by atoms with van der Waals surface area (Å²) in [5.74, 6) is 0. The van der Waals surface area contributed by atoms with Crippen LogP contribution in [-0.2, 0) is 23.1 Å². The highest BCUT2D eigenvalue weighted by atomic mass is 32.2. The van der Waals surface area contributed by atoms with Crippen molar-refractivity contribution in [2.75, 3.05) is 6.54 Å². The molecule has 2 aromatic carbocycles. The van der Waals surface area contributed by atoms with E-state index in [2.05, 4.69) is 4.72 Å². The average Bonchev–Trinajstić information content (AvgIpc) is 2.55. The van der Waals surface area contributed by atoms with Gasteiger partial charge in [0.25, 0.3) is 0 Å². The Morgan fingerprint density at radius 2 is 1.68 bits per heavy atom.